The Bertz CT molecular complexity index is 756. The number of carbonyl (C=O) groups excluding carboxylic acids is 2. The van der Waals surface area contributed by atoms with Crippen molar-refractivity contribution in [2.45, 2.75) is 97.6 Å². The highest BCUT2D eigenvalue weighted by atomic mass is 16.5. The molecular formula is C27H42O6. The molecule has 0 heterocycles. The molecule has 0 amide bonds. The van der Waals surface area contributed by atoms with Gasteiger partial charge in [0.2, 0.25) is 0 Å². The third-order valence-electron chi connectivity index (χ3n) is 7.77. The van der Waals surface area contributed by atoms with Crippen LogP contribution in [0.4, 0.5) is 0 Å². The predicted molar refractivity (Wildman–Crippen MR) is 128 cm³/mol. The standard InChI is InChI=1S/C27H42O6/c1-7-9-10-11-23(28)32-19(8-2)12-15-24(29)33-22-14-13-21-26(31)25(30)20(17(3)4)16-27(21,6)18(22)5/h10-12,15,18-22,25-26,30-31H,3,7-9,13-14,16H2,1-2,4-6H3/b11-10-,15-12-/t18-,19-,20-,21-,22+,25+,26-,27+/m0/s1. The first-order chi connectivity index (χ1) is 15.5. The fourth-order valence-electron chi connectivity index (χ4n) is 5.45. The SMILES string of the molecule is C=C(C)[C@@H]1C[C@]2(C)[C@@H](C)[C@H](OC(=O)/C=C\[C@H](CC)OC(=O)/C=C\CCC)CC[C@H]2[C@H](O)[C@@H]1O. The van der Waals surface area contributed by atoms with Gasteiger partial charge in [0, 0.05) is 18.1 Å². The van der Waals surface area contributed by atoms with E-state index in [1.54, 1.807) is 12.2 Å². The highest BCUT2D eigenvalue weighted by Gasteiger charge is 2.56. The van der Waals surface area contributed by atoms with Crippen LogP contribution >= 0.6 is 0 Å². The lowest BCUT2D eigenvalue weighted by Gasteiger charge is -2.57. The monoisotopic (exact) mass is 462 g/mol. The van der Waals surface area contributed by atoms with Gasteiger partial charge in [-0.05, 0) is 62.4 Å². The Morgan fingerprint density at radius 3 is 2.45 bits per heavy atom. The zero-order chi connectivity index (χ0) is 24.8. The maximum Gasteiger partial charge on any atom is 0.331 e. The van der Waals surface area contributed by atoms with E-state index in [2.05, 4.69) is 20.4 Å². The van der Waals surface area contributed by atoms with E-state index >= 15 is 0 Å². The molecule has 0 saturated heterocycles. The number of esters is 2. The van der Waals surface area contributed by atoms with Crippen molar-refractivity contribution < 1.29 is 29.3 Å². The van der Waals surface area contributed by atoms with Gasteiger partial charge in [-0.2, -0.15) is 0 Å². The van der Waals surface area contributed by atoms with Crippen LogP contribution in [-0.2, 0) is 19.1 Å². The molecule has 0 unspecified atom stereocenters. The van der Waals surface area contributed by atoms with Gasteiger partial charge in [-0.3, -0.25) is 0 Å². The van der Waals surface area contributed by atoms with E-state index in [1.807, 2.05) is 20.8 Å². The van der Waals surface area contributed by atoms with Crippen LogP contribution in [0, 0.1) is 23.2 Å². The lowest BCUT2D eigenvalue weighted by atomic mass is 9.51. The van der Waals surface area contributed by atoms with Crippen LogP contribution in [0.3, 0.4) is 0 Å². The molecule has 6 heteroatoms. The van der Waals surface area contributed by atoms with Crippen LogP contribution in [0.1, 0.15) is 73.1 Å². The molecule has 2 fully saturated rings. The summed E-state index contributed by atoms with van der Waals surface area (Å²) in [5.41, 5.74) is 0.585. The Morgan fingerprint density at radius 2 is 1.85 bits per heavy atom. The number of rotatable bonds is 9. The Kier molecular flexibility index (Phi) is 9.92. The summed E-state index contributed by atoms with van der Waals surface area (Å²) in [6.07, 6.45) is 8.08. The van der Waals surface area contributed by atoms with Crippen LogP contribution < -0.4 is 0 Å². The molecule has 2 saturated carbocycles. The fourth-order valence-corrected chi connectivity index (χ4v) is 5.45. The summed E-state index contributed by atoms with van der Waals surface area (Å²) in [6, 6.07) is 0. The van der Waals surface area contributed by atoms with Crippen molar-refractivity contribution in [2.24, 2.45) is 23.2 Å². The first-order valence-electron chi connectivity index (χ1n) is 12.3. The lowest BCUT2D eigenvalue weighted by Crippen LogP contribution is -2.59. The minimum absolute atomic E-state index is 0.0149. The molecule has 186 valence electrons. The maximum atomic E-state index is 12.6. The van der Waals surface area contributed by atoms with Gasteiger partial charge in [0.25, 0.3) is 0 Å². The summed E-state index contributed by atoms with van der Waals surface area (Å²) in [7, 11) is 0. The van der Waals surface area contributed by atoms with E-state index in [4.69, 9.17) is 9.47 Å². The molecule has 0 aromatic rings. The van der Waals surface area contributed by atoms with Crippen LogP contribution in [0.15, 0.2) is 36.5 Å². The highest BCUT2D eigenvalue weighted by molar-refractivity contribution is 5.83. The van der Waals surface area contributed by atoms with Crippen molar-refractivity contribution in [1.82, 2.24) is 0 Å². The third-order valence-corrected chi connectivity index (χ3v) is 7.77. The molecule has 2 aliphatic rings. The summed E-state index contributed by atoms with van der Waals surface area (Å²) in [5.74, 6) is -1.09. The average molecular weight is 463 g/mol. The number of aliphatic hydroxyl groups excluding tert-OH is 2. The van der Waals surface area contributed by atoms with Gasteiger partial charge in [0.15, 0.2) is 0 Å². The van der Waals surface area contributed by atoms with Gasteiger partial charge in [-0.25, -0.2) is 9.59 Å². The van der Waals surface area contributed by atoms with Crippen LogP contribution in [0.5, 0.6) is 0 Å². The second-order valence-corrected chi connectivity index (χ2v) is 10.0. The van der Waals surface area contributed by atoms with Crippen molar-refractivity contribution in [1.29, 1.82) is 0 Å². The summed E-state index contributed by atoms with van der Waals surface area (Å²) < 4.78 is 11.2. The number of ether oxygens (including phenoxy) is 2. The van der Waals surface area contributed by atoms with E-state index in [0.29, 0.717) is 25.7 Å². The Balaban J connectivity index is 2.01. The van der Waals surface area contributed by atoms with E-state index in [0.717, 1.165) is 18.4 Å². The van der Waals surface area contributed by atoms with Crippen molar-refractivity contribution in [3.05, 3.63) is 36.5 Å². The smallest absolute Gasteiger partial charge is 0.331 e. The quantitative estimate of drug-likeness (QED) is 0.298. The number of hydrogen-bond acceptors (Lipinski definition) is 6. The molecule has 2 aliphatic carbocycles. The summed E-state index contributed by atoms with van der Waals surface area (Å²) in [4.78, 5) is 24.4. The van der Waals surface area contributed by atoms with Gasteiger partial charge in [-0.1, -0.05) is 52.3 Å². The molecule has 0 aliphatic heterocycles. The number of allylic oxidation sites excluding steroid dienone is 1. The molecular weight excluding hydrogens is 420 g/mol. The molecule has 8 atom stereocenters. The molecule has 0 radical (unpaired) electrons. The van der Waals surface area contributed by atoms with Gasteiger partial charge in [0.1, 0.15) is 12.2 Å². The number of aliphatic hydroxyl groups is 2. The van der Waals surface area contributed by atoms with Gasteiger partial charge >= 0.3 is 11.9 Å². The Hall–Kier alpha value is -1.92. The topological polar surface area (TPSA) is 93.1 Å². The number of carbonyl (C=O) groups is 2. The summed E-state index contributed by atoms with van der Waals surface area (Å²) in [6.45, 7) is 14.0. The maximum absolute atomic E-state index is 12.6. The van der Waals surface area contributed by atoms with Crippen LogP contribution in [-0.4, -0.2) is 46.6 Å². The molecule has 2 N–H and O–H groups in total. The van der Waals surface area contributed by atoms with Gasteiger partial charge < -0.3 is 19.7 Å². The number of unbranched alkanes of at least 4 members (excludes halogenated alkanes) is 1. The van der Waals surface area contributed by atoms with Gasteiger partial charge in [0.05, 0.1) is 12.2 Å². The summed E-state index contributed by atoms with van der Waals surface area (Å²) >= 11 is 0. The second kappa shape index (κ2) is 12.0. The minimum atomic E-state index is -0.809. The van der Waals surface area contributed by atoms with Crippen molar-refractivity contribution >= 4 is 11.9 Å². The van der Waals surface area contributed by atoms with Crippen molar-refractivity contribution in [3.8, 4) is 0 Å². The largest absolute Gasteiger partial charge is 0.459 e. The zero-order valence-corrected chi connectivity index (χ0v) is 20.8. The van der Waals surface area contributed by atoms with Crippen LogP contribution in [0.2, 0.25) is 0 Å². The minimum Gasteiger partial charge on any atom is -0.459 e. The number of fused-ring (bicyclic) bond motifs is 1. The van der Waals surface area contributed by atoms with Crippen molar-refractivity contribution in [2.75, 3.05) is 0 Å². The highest BCUT2D eigenvalue weighted by Crippen LogP contribution is 2.56. The number of hydrogen-bond donors (Lipinski definition) is 2. The molecule has 0 bridgehead atoms. The van der Waals surface area contributed by atoms with E-state index in [1.165, 1.54) is 12.2 Å². The molecule has 0 aromatic carbocycles. The average Bonchev–Trinajstić information content (AvgIpc) is 2.76. The second-order valence-electron chi connectivity index (χ2n) is 10.0. The van der Waals surface area contributed by atoms with Crippen molar-refractivity contribution in [3.63, 3.8) is 0 Å². The predicted octanol–water partition coefficient (Wildman–Crippen LogP) is 4.50. The molecule has 0 spiro atoms. The molecule has 33 heavy (non-hydrogen) atoms. The molecule has 2 rings (SSSR count). The first kappa shape index (κ1) is 27.3. The van der Waals surface area contributed by atoms with E-state index in [9.17, 15) is 19.8 Å². The normalized spacial score (nSPS) is 35.2. The summed E-state index contributed by atoms with van der Waals surface area (Å²) in [5, 5.41) is 21.4. The molecule has 6 nitrogen and oxygen atoms in total. The van der Waals surface area contributed by atoms with Crippen LogP contribution in [0.25, 0.3) is 0 Å². The fraction of sp³-hybridized carbons (Fsp3) is 0.704. The first-order valence-corrected chi connectivity index (χ1v) is 12.3. The lowest BCUT2D eigenvalue weighted by molar-refractivity contribution is -0.185. The van der Waals surface area contributed by atoms with E-state index < -0.39 is 30.3 Å². The zero-order valence-electron chi connectivity index (χ0n) is 20.8. The molecule has 0 aromatic heterocycles. The Labute approximate surface area is 198 Å². The third kappa shape index (κ3) is 6.57. The van der Waals surface area contributed by atoms with E-state index in [-0.39, 0.29) is 29.3 Å². The Morgan fingerprint density at radius 1 is 1.15 bits per heavy atom. The van der Waals surface area contributed by atoms with Gasteiger partial charge in [-0.15, -0.1) is 0 Å².